The van der Waals surface area contributed by atoms with Crippen LogP contribution in [-0.2, 0) is 16.1 Å². The Hall–Kier alpha value is -1.61. The average molecular weight is 231 g/mol. The van der Waals surface area contributed by atoms with Gasteiger partial charge in [-0.2, -0.15) is 0 Å². The lowest BCUT2D eigenvalue weighted by atomic mass is 9.99. The zero-order valence-corrected chi connectivity index (χ0v) is 9.76. The molecule has 0 saturated carbocycles. The lowest BCUT2D eigenvalue weighted by molar-refractivity contribution is -0.141. The van der Waals surface area contributed by atoms with Crippen molar-refractivity contribution in [3.8, 4) is 0 Å². The van der Waals surface area contributed by atoms with Crippen LogP contribution in [0.2, 0.25) is 0 Å². The third kappa shape index (κ3) is 2.94. The molecular weight excluding hydrogens is 214 g/mol. The number of carbonyl (C=O) groups excluding carboxylic acids is 1. The predicted molar refractivity (Wildman–Crippen MR) is 66.3 cm³/mol. The molecular formula is C14H17NO2. The highest BCUT2D eigenvalue weighted by Gasteiger charge is 2.35. The van der Waals surface area contributed by atoms with Crippen molar-refractivity contribution in [2.24, 2.45) is 5.92 Å². The number of hydrogen-bond donors (Lipinski definition) is 1. The van der Waals surface area contributed by atoms with Gasteiger partial charge in [0.15, 0.2) is 0 Å². The van der Waals surface area contributed by atoms with Crippen molar-refractivity contribution < 1.29 is 9.53 Å². The van der Waals surface area contributed by atoms with Gasteiger partial charge in [0.05, 0.1) is 12.0 Å². The molecule has 0 aliphatic carbocycles. The number of rotatable bonds is 5. The molecule has 1 fully saturated rings. The minimum atomic E-state index is -0.115. The highest BCUT2D eigenvalue weighted by molar-refractivity contribution is 5.75. The van der Waals surface area contributed by atoms with Gasteiger partial charge >= 0.3 is 5.97 Å². The summed E-state index contributed by atoms with van der Waals surface area (Å²) in [6.45, 7) is 4.90. The highest BCUT2D eigenvalue weighted by atomic mass is 16.5. The van der Waals surface area contributed by atoms with Gasteiger partial charge in [0.25, 0.3) is 0 Å². The smallest absolute Gasteiger partial charge is 0.311 e. The van der Waals surface area contributed by atoms with Crippen LogP contribution in [0.3, 0.4) is 0 Å². The van der Waals surface area contributed by atoms with E-state index in [1.807, 2.05) is 18.2 Å². The third-order valence-electron chi connectivity index (χ3n) is 3.03. The summed E-state index contributed by atoms with van der Waals surface area (Å²) >= 11 is 0. The average Bonchev–Trinajstić information content (AvgIpc) is 2.70. The van der Waals surface area contributed by atoms with Gasteiger partial charge in [-0.3, -0.25) is 4.79 Å². The summed E-state index contributed by atoms with van der Waals surface area (Å²) in [4.78, 5) is 11.5. The number of carbonyl (C=O) groups is 1. The van der Waals surface area contributed by atoms with E-state index in [1.54, 1.807) is 6.08 Å². The van der Waals surface area contributed by atoms with Crippen LogP contribution < -0.4 is 5.32 Å². The van der Waals surface area contributed by atoms with Gasteiger partial charge in [-0.25, -0.2) is 0 Å². The Labute approximate surface area is 101 Å². The summed E-state index contributed by atoms with van der Waals surface area (Å²) in [6, 6.07) is 10.2. The van der Waals surface area contributed by atoms with E-state index in [0.29, 0.717) is 13.0 Å². The number of allylic oxidation sites excluding steroid dienone is 1. The summed E-state index contributed by atoms with van der Waals surface area (Å²) in [7, 11) is 0. The Morgan fingerprint density at radius 3 is 2.88 bits per heavy atom. The molecule has 1 aromatic carbocycles. The van der Waals surface area contributed by atoms with Crippen molar-refractivity contribution in [2.45, 2.75) is 19.0 Å². The Balaban J connectivity index is 1.90. The molecule has 90 valence electrons. The monoisotopic (exact) mass is 231 g/mol. The number of benzene rings is 1. The van der Waals surface area contributed by atoms with Gasteiger partial charge in [0.2, 0.25) is 0 Å². The largest absolute Gasteiger partial charge is 0.464 e. The van der Waals surface area contributed by atoms with Crippen molar-refractivity contribution in [3.05, 3.63) is 48.6 Å². The quantitative estimate of drug-likeness (QED) is 0.621. The van der Waals surface area contributed by atoms with Crippen molar-refractivity contribution >= 4 is 5.97 Å². The zero-order chi connectivity index (χ0) is 12.1. The predicted octanol–water partition coefficient (Wildman–Crippen LogP) is 1.89. The molecule has 0 spiro atoms. The molecule has 1 heterocycles. The second-order valence-electron chi connectivity index (χ2n) is 4.23. The molecule has 1 saturated heterocycles. The molecule has 1 N–H and O–H groups in total. The number of cyclic esters (lactones) is 1. The first-order valence-electron chi connectivity index (χ1n) is 5.86. The number of hydrogen-bond acceptors (Lipinski definition) is 3. The van der Waals surface area contributed by atoms with Crippen LogP contribution in [0.5, 0.6) is 0 Å². The SMILES string of the molecule is C=CC[C@H]1C(=O)OC[C@H]1NCc1ccccc1. The van der Waals surface area contributed by atoms with Crippen molar-refractivity contribution in [3.63, 3.8) is 0 Å². The van der Waals surface area contributed by atoms with Crippen molar-refractivity contribution in [1.29, 1.82) is 0 Å². The van der Waals surface area contributed by atoms with Crippen LogP contribution in [0.1, 0.15) is 12.0 Å². The maximum atomic E-state index is 11.5. The normalized spacial score (nSPS) is 23.4. The minimum absolute atomic E-state index is 0.0868. The molecule has 1 aromatic rings. The van der Waals surface area contributed by atoms with Gasteiger partial charge in [0.1, 0.15) is 6.61 Å². The Morgan fingerprint density at radius 2 is 2.18 bits per heavy atom. The maximum Gasteiger partial charge on any atom is 0.311 e. The molecule has 3 nitrogen and oxygen atoms in total. The van der Waals surface area contributed by atoms with E-state index in [2.05, 4.69) is 24.0 Å². The number of nitrogens with one attached hydrogen (secondary N) is 1. The Morgan fingerprint density at radius 1 is 1.41 bits per heavy atom. The van der Waals surface area contributed by atoms with Crippen LogP contribution in [0.15, 0.2) is 43.0 Å². The van der Waals surface area contributed by atoms with Gasteiger partial charge < -0.3 is 10.1 Å². The summed E-state index contributed by atoms with van der Waals surface area (Å²) in [6.07, 6.45) is 2.44. The molecule has 1 aliphatic rings. The van der Waals surface area contributed by atoms with E-state index < -0.39 is 0 Å². The Kier molecular flexibility index (Phi) is 3.94. The number of ether oxygens (including phenoxy) is 1. The summed E-state index contributed by atoms with van der Waals surface area (Å²) in [5.41, 5.74) is 1.21. The van der Waals surface area contributed by atoms with Crippen molar-refractivity contribution in [2.75, 3.05) is 6.61 Å². The van der Waals surface area contributed by atoms with E-state index in [0.717, 1.165) is 6.54 Å². The Bertz CT molecular complexity index is 388. The second-order valence-corrected chi connectivity index (χ2v) is 4.23. The summed E-state index contributed by atoms with van der Waals surface area (Å²) < 4.78 is 5.07. The molecule has 0 bridgehead atoms. The van der Waals surface area contributed by atoms with E-state index in [4.69, 9.17) is 4.74 Å². The van der Waals surface area contributed by atoms with Gasteiger partial charge in [-0.05, 0) is 12.0 Å². The molecule has 0 aromatic heterocycles. The summed E-state index contributed by atoms with van der Waals surface area (Å²) in [5, 5.41) is 3.37. The second kappa shape index (κ2) is 5.64. The van der Waals surface area contributed by atoms with Crippen LogP contribution >= 0.6 is 0 Å². The topological polar surface area (TPSA) is 38.3 Å². The molecule has 2 atom stereocenters. The number of esters is 1. The van der Waals surface area contributed by atoms with Crippen LogP contribution in [0, 0.1) is 5.92 Å². The lowest BCUT2D eigenvalue weighted by Gasteiger charge is -2.15. The first-order chi connectivity index (χ1) is 8.31. The molecule has 0 amide bonds. The highest BCUT2D eigenvalue weighted by Crippen LogP contribution is 2.19. The molecule has 3 heteroatoms. The van der Waals surface area contributed by atoms with Crippen LogP contribution in [0.25, 0.3) is 0 Å². The van der Waals surface area contributed by atoms with E-state index >= 15 is 0 Å². The van der Waals surface area contributed by atoms with Crippen LogP contribution in [0.4, 0.5) is 0 Å². The first kappa shape index (κ1) is 11.9. The van der Waals surface area contributed by atoms with Gasteiger partial charge in [-0.15, -0.1) is 6.58 Å². The van der Waals surface area contributed by atoms with E-state index in [9.17, 15) is 4.79 Å². The fourth-order valence-electron chi connectivity index (χ4n) is 2.05. The zero-order valence-electron chi connectivity index (χ0n) is 9.76. The van der Waals surface area contributed by atoms with E-state index in [1.165, 1.54) is 5.56 Å². The fourth-order valence-corrected chi connectivity index (χ4v) is 2.05. The minimum Gasteiger partial charge on any atom is -0.464 e. The lowest BCUT2D eigenvalue weighted by Crippen LogP contribution is -2.35. The fraction of sp³-hybridized carbons (Fsp3) is 0.357. The van der Waals surface area contributed by atoms with E-state index in [-0.39, 0.29) is 17.9 Å². The van der Waals surface area contributed by atoms with Gasteiger partial charge in [-0.1, -0.05) is 36.4 Å². The van der Waals surface area contributed by atoms with Gasteiger partial charge in [0, 0.05) is 6.54 Å². The summed E-state index contributed by atoms with van der Waals surface area (Å²) in [5.74, 6) is -0.202. The molecule has 1 aliphatic heterocycles. The first-order valence-corrected chi connectivity index (χ1v) is 5.86. The molecule has 0 radical (unpaired) electrons. The third-order valence-corrected chi connectivity index (χ3v) is 3.03. The molecule has 0 unspecified atom stereocenters. The van der Waals surface area contributed by atoms with Crippen LogP contribution in [-0.4, -0.2) is 18.6 Å². The maximum absolute atomic E-state index is 11.5. The molecule has 17 heavy (non-hydrogen) atoms. The van der Waals surface area contributed by atoms with Crippen molar-refractivity contribution in [1.82, 2.24) is 5.32 Å². The standard InChI is InChI=1S/C14H17NO2/c1-2-6-12-13(10-17-14(12)16)15-9-11-7-4-3-5-8-11/h2-5,7-8,12-13,15H,1,6,9-10H2/t12-,13-/m1/s1. The molecule has 2 rings (SSSR count).